The van der Waals surface area contributed by atoms with Gasteiger partial charge in [-0.25, -0.2) is 4.68 Å². The molecular weight excluding hydrogens is 312 g/mol. The highest BCUT2D eigenvalue weighted by Crippen LogP contribution is 2.16. The number of rotatable bonds is 10. The van der Waals surface area contributed by atoms with Crippen LogP contribution >= 0.6 is 0 Å². The Bertz CT molecular complexity index is 627. The fraction of sp³-hybridized carbons (Fsp3) is 0.789. The Morgan fingerprint density at radius 2 is 1.64 bits per heavy atom. The molecule has 0 saturated carbocycles. The third-order valence-electron chi connectivity index (χ3n) is 4.77. The first kappa shape index (κ1) is 19.6. The summed E-state index contributed by atoms with van der Waals surface area (Å²) in [6, 6.07) is 0.396. The van der Waals surface area contributed by atoms with Gasteiger partial charge in [-0.1, -0.05) is 45.0 Å². The lowest BCUT2D eigenvalue weighted by atomic mass is 10.0. The average molecular weight is 347 g/mol. The van der Waals surface area contributed by atoms with Crippen molar-refractivity contribution in [1.29, 1.82) is 0 Å². The Hall–Kier alpha value is -1.72. The SMILES string of the molecule is CC(C)Cc1cn(CC(C)CCCc2cn(C(C)C(C)C)nn2)nn1. The van der Waals surface area contributed by atoms with E-state index >= 15 is 0 Å². The Kier molecular flexibility index (Phi) is 7.14. The van der Waals surface area contributed by atoms with Gasteiger partial charge in [-0.3, -0.25) is 4.68 Å². The molecule has 0 amide bonds. The van der Waals surface area contributed by atoms with Gasteiger partial charge in [-0.15, -0.1) is 10.2 Å². The smallest absolute Gasteiger partial charge is 0.0829 e. The Morgan fingerprint density at radius 3 is 2.32 bits per heavy atom. The van der Waals surface area contributed by atoms with Gasteiger partial charge in [0.2, 0.25) is 0 Å². The lowest BCUT2D eigenvalue weighted by Gasteiger charge is -2.14. The van der Waals surface area contributed by atoms with Crippen molar-refractivity contribution in [3.05, 3.63) is 23.8 Å². The Labute approximate surface area is 152 Å². The predicted molar refractivity (Wildman–Crippen MR) is 100 cm³/mol. The molecule has 0 aromatic carbocycles. The molecule has 0 spiro atoms. The van der Waals surface area contributed by atoms with Gasteiger partial charge in [0, 0.05) is 18.9 Å². The third-order valence-corrected chi connectivity index (χ3v) is 4.77. The summed E-state index contributed by atoms with van der Waals surface area (Å²) in [4.78, 5) is 0. The second-order valence-electron chi connectivity index (χ2n) is 8.20. The summed E-state index contributed by atoms with van der Waals surface area (Å²) in [5.41, 5.74) is 2.19. The summed E-state index contributed by atoms with van der Waals surface area (Å²) in [5.74, 6) is 1.77. The fourth-order valence-corrected chi connectivity index (χ4v) is 2.91. The van der Waals surface area contributed by atoms with Crippen LogP contribution in [0.5, 0.6) is 0 Å². The summed E-state index contributed by atoms with van der Waals surface area (Å²) < 4.78 is 3.98. The van der Waals surface area contributed by atoms with Gasteiger partial charge in [-0.2, -0.15) is 0 Å². The number of aryl methyl sites for hydroxylation is 1. The molecule has 0 fully saturated rings. The van der Waals surface area contributed by atoms with E-state index in [0.29, 0.717) is 23.8 Å². The van der Waals surface area contributed by atoms with Gasteiger partial charge < -0.3 is 0 Å². The molecule has 2 aromatic heterocycles. The number of hydrogen-bond donors (Lipinski definition) is 0. The highest BCUT2D eigenvalue weighted by molar-refractivity contribution is 4.94. The molecule has 0 saturated heterocycles. The minimum Gasteiger partial charge on any atom is -0.252 e. The summed E-state index contributed by atoms with van der Waals surface area (Å²) in [6.45, 7) is 14.2. The predicted octanol–water partition coefficient (Wildman–Crippen LogP) is 3.94. The van der Waals surface area contributed by atoms with E-state index in [0.717, 1.165) is 43.6 Å². The molecule has 2 atom stereocenters. The van der Waals surface area contributed by atoms with E-state index in [4.69, 9.17) is 0 Å². The Balaban J connectivity index is 1.73. The lowest BCUT2D eigenvalue weighted by molar-refractivity contribution is 0.368. The molecule has 140 valence electrons. The molecule has 0 bridgehead atoms. The first-order chi connectivity index (χ1) is 11.8. The maximum atomic E-state index is 4.32. The summed E-state index contributed by atoms with van der Waals surface area (Å²) in [7, 11) is 0. The second kappa shape index (κ2) is 9.11. The molecular formula is C19H34N6. The van der Waals surface area contributed by atoms with E-state index in [2.05, 4.69) is 74.6 Å². The second-order valence-corrected chi connectivity index (χ2v) is 8.20. The number of hydrogen-bond acceptors (Lipinski definition) is 4. The first-order valence-electron chi connectivity index (χ1n) is 9.64. The molecule has 0 radical (unpaired) electrons. The molecule has 0 aliphatic rings. The Morgan fingerprint density at radius 1 is 0.920 bits per heavy atom. The quantitative estimate of drug-likeness (QED) is 0.653. The van der Waals surface area contributed by atoms with Crippen LogP contribution in [0.15, 0.2) is 12.4 Å². The standard InChI is InChI=1S/C19H34N6/c1-14(2)10-19-12-24(22-21-19)11-16(5)8-7-9-18-13-25(23-20-18)17(6)15(3)4/h12-17H,7-11H2,1-6H3. The molecule has 6 heteroatoms. The molecule has 2 aromatic rings. The summed E-state index contributed by atoms with van der Waals surface area (Å²) >= 11 is 0. The van der Waals surface area contributed by atoms with Gasteiger partial charge in [0.1, 0.15) is 0 Å². The maximum Gasteiger partial charge on any atom is 0.0829 e. The zero-order valence-corrected chi connectivity index (χ0v) is 16.7. The largest absolute Gasteiger partial charge is 0.252 e. The van der Waals surface area contributed by atoms with E-state index in [1.807, 2.05) is 9.36 Å². The number of nitrogens with zero attached hydrogens (tertiary/aromatic N) is 6. The highest BCUT2D eigenvalue weighted by atomic mass is 15.4. The van der Waals surface area contributed by atoms with Crippen LogP contribution < -0.4 is 0 Å². The lowest BCUT2D eigenvalue weighted by Crippen LogP contribution is -2.11. The van der Waals surface area contributed by atoms with Crippen LogP contribution in [0.4, 0.5) is 0 Å². The third kappa shape index (κ3) is 6.25. The van der Waals surface area contributed by atoms with Crippen LogP contribution in [0, 0.1) is 17.8 Å². The van der Waals surface area contributed by atoms with E-state index in [-0.39, 0.29) is 0 Å². The van der Waals surface area contributed by atoms with Crippen LogP contribution in [-0.4, -0.2) is 30.0 Å². The highest BCUT2D eigenvalue weighted by Gasteiger charge is 2.12. The monoisotopic (exact) mass is 346 g/mol. The van der Waals surface area contributed by atoms with Crippen molar-refractivity contribution in [3.8, 4) is 0 Å². The average Bonchev–Trinajstić information content (AvgIpc) is 3.15. The first-order valence-corrected chi connectivity index (χ1v) is 9.64. The van der Waals surface area contributed by atoms with Gasteiger partial charge in [-0.05, 0) is 50.4 Å². The molecule has 0 aliphatic carbocycles. The van der Waals surface area contributed by atoms with Gasteiger partial charge in [0.15, 0.2) is 0 Å². The van der Waals surface area contributed by atoms with E-state index in [1.165, 1.54) is 0 Å². The molecule has 2 unspecified atom stereocenters. The fourth-order valence-electron chi connectivity index (χ4n) is 2.91. The van der Waals surface area contributed by atoms with Gasteiger partial charge in [0.25, 0.3) is 0 Å². The van der Waals surface area contributed by atoms with E-state index in [1.54, 1.807) is 0 Å². The van der Waals surface area contributed by atoms with Gasteiger partial charge >= 0.3 is 0 Å². The van der Waals surface area contributed by atoms with Crippen molar-refractivity contribution in [2.45, 2.75) is 79.8 Å². The van der Waals surface area contributed by atoms with E-state index in [9.17, 15) is 0 Å². The molecule has 6 nitrogen and oxygen atoms in total. The van der Waals surface area contributed by atoms with Crippen molar-refractivity contribution in [1.82, 2.24) is 30.0 Å². The van der Waals surface area contributed by atoms with Crippen LogP contribution in [0.25, 0.3) is 0 Å². The van der Waals surface area contributed by atoms with Crippen LogP contribution in [0.2, 0.25) is 0 Å². The molecule has 0 N–H and O–H groups in total. The molecule has 0 aliphatic heterocycles. The molecule has 2 heterocycles. The zero-order chi connectivity index (χ0) is 18.4. The van der Waals surface area contributed by atoms with Crippen LogP contribution in [-0.2, 0) is 19.4 Å². The van der Waals surface area contributed by atoms with Crippen molar-refractivity contribution in [3.63, 3.8) is 0 Å². The van der Waals surface area contributed by atoms with Crippen molar-refractivity contribution in [2.75, 3.05) is 0 Å². The normalized spacial score (nSPS) is 14.4. The minimum atomic E-state index is 0.396. The minimum absolute atomic E-state index is 0.396. The summed E-state index contributed by atoms with van der Waals surface area (Å²) in [5, 5.41) is 17.1. The van der Waals surface area contributed by atoms with E-state index < -0.39 is 0 Å². The van der Waals surface area contributed by atoms with Crippen LogP contribution in [0.1, 0.15) is 71.8 Å². The maximum absolute atomic E-state index is 4.32. The van der Waals surface area contributed by atoms with Crippen molar-refractivity contribution < 1.29 is 0 Å². The topological polar surface area (TPSA) is 61.4 Å². The molecule has 2 rings (SSSR count). The van der Waals surface area contributed by atoms with Crippen LogP contribution in [0.3, 0.4) is 0 Å². The number of aromatic nitrogens is 6. The molecule has 25 heavy (non-hydrogen) atoms. The zero-order valence-electron chi connectivity index (χ0n) is 16.7. The van der Waals surface area contributed by atoms with Crippen molar-refractivity contribution in [2.24, 2.45) is 17.8 Å². The summed E-state index contributed by atoms with van der Waals surface area (Å²) in [6.07, 6.45) is 8.47. The van der Waals surface area contributed by atoms with Crippen molar-refractivity contribution >= 4 is 0 Å². The van der Waals surface area contributed by atoms with Gasteiger partial charge in [0.05, 0.1) is 17.4 Å².